The van der Waals surface area contributed by atoms with Crippen LogP contribution in [0, 0.1) is 0 Å². The van der Waals surface area contributed by atoms with Crippen molar-refractivity contribution >= 4 is 11.6 Å². The lowest BCUT2D eigenvalue weighted by atomic mass is 9.99. The van der Waals surface area contributed by atoms with Gasteiger partial charge in [-0.1, -0.05) is 6.92 Å². The number of hydrogen-bond donors (Lipinski definition) is 0. The lowest BCUT2D eigenvalue weighted by Crippen LogP contribution is -2.42. The molecule has 0 saturated carbocycles. The number of carbonyl (C=O) groups is 1. The Morgan fingerprint density at radius 2 is 2.33 bits per heavy atom. The molecule has 0 N–H and O–H groups in total. The van der Waals surface area contributed by atoms with E-state index in [1.54, 1.807) is 6.26 Å². The zero-order chi connectivity index (χ0) is 16.3. The van der Waals surface area contributed by atoms with Crippen LogP contribution < -0.4 is 0 Å². The Labute approximate surface area is 139 Å². The molecule has 3 aromatic heterocycles. The lowest BCUT2D eigenvalue weighted by Gasteiger charge is -2.36. The number of hydrogen-bond acceptors (Lipinski definition) is 4. The van der Waals surface area contributed by atoms with Gasteiger partial charge >= 0.3 is 0 Å². The predicted molar refractivity (Wildman–Crippen MR) is 87.3 cm³/mol. The molecule has 5 heterocycles. The molecule has 6 nitrogen and oxygen atoms in total. The molecule has 24 heavy (non-hydrogen) atoms. The third-order valence-corrected chi connectivity index (χ3v) is 5.27. The van der Waals surface area contributed by atoms with Gasteiger partial charge in [-0.15, -0.1) is 0 Å². The number of nitrogens with zero attached hydrogens (tertiary/aromatic N) is 4. The highest BCUT2D eigenvalue weighted by atomic mass is 16.3. The lowest BCUT2D eigenvalue weighted by molar-refractivity contribution is -0.134. The van der Waals surface area contributed by atoms with E-state index in [0.29, 0.717) is 6.42 Å². The molecule has 122 valence electrons. The summed E-state index contributed by atoms with van der Waals surface area (Å²) in [5.41, 5.74) is 3.95. The van der Waals surface area contributed by atoms with Gasteiger partial charge in [-0.25, -0.2) is 9.50 Å². The summed E-state index contributed by atoms with van der Waals surface area (Å²) in [6, 6.07) is 6.15. The molecule has 0 spiro atoms. The largest absolute Gasteiger partial charge is 0.463 e. The predicted octanol–water partition coefficient (Wildman–Crippen LogP) is 2.99. The highest BCUT2D eigenvalue weighted by Gasteiger charge is 2.43. The Balaban J connectivity index is 1.65. The van der Waals surface area contributed by atoms with Crippen LogP contribution in [-0.4, -0.2) is 31.4 Å². The second-order valence-electron chi connectivity index (χ2n) is 6.54. The van der Waals surface area contributed by atoms with Gasteiger partial charge in [0, 0.05) is 36.7 Å². The average Bonchev–Trinajstić information content (AvgIpc) is 3.31. The third kappa shape index (κ3) is 1.79. The summed E-state index contributed by atoms with van der Waals surface area (Å²) in [6.45, 7) is 1.93. The van der Waals surface area contributed by atoms with Gasteiger partial charge in [0.05, 0.1) is 18.0 Å². The molecule has 2 aliphatic heterocycles. The molecule has 1 fully saturated rings. The Morgan fingerprint density at radius 1 is 1.42 bits per heavy atom. The SMILES string of the molecule is CCC(=O)N1[C@@H]2CC[C@@H]1c1cnc3cc(-c4ccco4)nn3c1C2. The van der Waals surface area contributed by atoms with E-state index in [2.05, 4.69) is 9.88 Å². The van der Waals surface area contributed by atoms with Crippen molar-refractivity contribution in [3.05, 3.63) is 41.9 Å². The van der Waals surface area contributed by atoms with E-state index in [1.807, 2.05) is 35.8 Å². The normalized spacial score (nSPS) is 22.1. The first-order valence-electron chi connectivity index (χ1n) is 8.49. The minimum Gasteiger partial charge on any atom is -0.463 e. The molecule has 5 rings (SSSR count). The zero-order valence-corrected chi connectivity index (χ0v) is 13.5. The molecule has 0 aliphatic carbocycles. The minimum absolute atomic E-state index is 0.152. The molecule has 1 amide bonds. The van der Waals surface area contributed by atoms with E-state index in [0.717, 1.165) is 41.9 Å². The highest BCUT2D eigenvalue weighted by molar-refractivity contribution is 5.77. The number of amides is 1. The maximum Gasteiger partial charge on any atom is 0.223 e. The van der Waals surface area contributed by atoms with E-state index in [-0.39, 0.29) is 18.0 Å². The second-order valence-corrected chi connectivity index (χ2v) is 6.54. The third-order valence-electron chi connectivity index (χ3n) is 5.27. The summed E-state index contributed by atoms with van der Waals surface area (Å²) in [6.07, 6.45) is 7.05. The van der Waals surface area contributed by atoms with Crippen molar-refractivity contribution in [2.75, 3.05) is 0 Å². The zero-order valence-electron chi connectivity index (χ0n) is 13.5. The summed E-state index contributed by atoms with van der Waals surface area (Å²) in [7, 11) is 0. The van der Waals surface area contributed by atoms with Gasteiger partial charge in [-0.05, 0) is 25.0 Å². The van der Waals surface area contributed by atoms with E-state index >= 15 is 0 Å². The topological polar surface area (TPSA) is 63.6 Å². The number of furan rings is 1. The molecular formula is C18H18N4O2. The summed E-state index contributed by atoms with van der Waals surface area (Å²) in [5, 5.41) is 4.71. The van der Waals surface area contributed by atoms with Crippen molar-refractivity contribution in [2.45, 2.75) is 44.7 Å². The maximum atomic E-state index is 12.3. The number of fused-ring (bicyclic) bond motifs is 6. The highest BCUT2D eigenvalue weighted by Crippen LogP contribution is 2.43. The van der Waals surface area contributed by atoms with Crippen molar-refractivity contribution in [1.29, 1.82) is 0 Å². The van der Waals surface area contributed by atoms with Gasteiger partial charge < -0.3 is 9.32 Å². The Morgan fingerprint density at radius 3 is 3.12 bits per heavy atom. The molecule has 2 bridgehead atoms. The molecular weight excluding hydrogens is 304 g/mol. The fraction of sp³-hybridized carbons (Fsp3) is 0.389. The maximum absolute atomic E-state index is 12.3. The monoisotopic (exact) mass is 322 g/mol. The molecule has 6 heteroatoms. The first kappa shape index (κ1) is 13.8. The van der Waals surface area contributed by atoms with Gasteiger partial charge in [-0.2, -0.15) is 5.10 Å². The van der Waals surface area contributed by atoms with Crippen LogP contribution in [-0.2, 0) is 11.2 Å². The van der Waals surface area contributed by atoms with E-state index in [4.69, 9.17) is 9.52 Å². The fourth-order valence-electron chi connectivity index (χ4n) is 4.19. The standard InChI is InChI=1S/C18H18N4O2/c1-2-18(23)21-11-5-6-14(21)12-10-19-17-9-13(16-4-3-7-24-16)20-22(17)15(12)8-11/h3-4,7,9-11,14H,2,5-6,8H2,1H3/t11-,14-/m1/s1. The molecule has 2 aliphatic rings. The Hall–Kier alpha value is -2.63. The fourth-order valence-corrected chi connectivity index (χ4v) is 4.19. The Kier molecular flexibility index (Phi) is 2.83. The summed E-state index contributed by atoms with van der Waals surface area (Å²) < 4.78 is 7.39. The van der Waals surface area contributed by atoms with Gasteiger partial charge in [0.25, 0.3) is 0 Å². The summed E-state index contributed by atoms with van der Waals surface area (Å²) >= 11 is 0. The molecule has 1 saturated heterocycles. The molecule has 0 radical (unpaired) electrons. The summed E-state index contributed by atoms with van der Waals surface area (Å²) in [4.78, 5) is 19.0. The minimum atomic E-state index is 0.152. The van der Waals surface area contributed by atoms with Crippen LogP contribution in [0.2, 0.25) is 0 Å². The molecule has 2 atom stereocenters. The molecule has 0 aromatic carbocycles. The van der Waals surface area contributed by atoms with Crippen LogP contribution in [0.25, 0.3) is 17.1 Å². The van der Waals surface area contributed by atoms with Crippen LogP contribution in [0.3, 0.4) is 0 Å². The van der Waals surface area contributed by atoms with Crippen LogP contribution in [0.5, 0.6) is 0 Å². The van der Waals surface area contributed by atoms with Crippen LogP contribution in [0.1, 0.15) is 43.5 Å². The van der Waals surface area contributed by atoms with Crippen molar-refractivity contribution in [3.63, 3.8) is 0 Å². The molecule has 0 unspecified atom stereocenters. The average molecular weight is 322 g/mol. The van der Waals surface area contributed by atoms with E-state index in [1.165, 1.54) is 5.69 Å². The van der Waals surface area contributed by atoms with Gasteiger partial charge in [0.1, 0.15) is 5.69 Å². The quantitative estimate of drug-likeness (QED) is 0.727. The number of rotatable bonds is 2. The van der Waals surface area contributed by atoms with Crippen molar-refractivity contribution < 1.29 is 9.21 Å². The van der Waals surface area contributed by atoms with Crippen molar-refractivity contribution in [3.8, 4) is 11.5 Å². The number of aromatic nitrogens is 3. The van der Waals surface area contributed by atoms with Crippen molar-refractivity contribution in [1.82, 2.24) is 19.5 Å². The smallest absolute Gasteiger partial charge is 0.223 e. The van der Waals surface area contributed by atoms with Crippen LogP contribution in [0.4, 0.5) is 0 Å². The van der Waals surface area contributed by atoms with Gasteiger partial charge in [0.15, 0.2) is 11.4 Å². The van der Waals surface area contributed by atoms with E-state index in [9.17, 15) is 4.79 Å². The van der Waals surface area contributed by atoms with E-state index < -0.39 is 0 Å². The molecule has 3 aromatic rings. The van der Waals surface area contributed by atoms with Gasteiger partial charge in [-0.3, -0.25) is 4.79 Å². The van der Waals surface area contributed by atoms with Crippen LogP contribution in [0.15, 0.2) is 35.1 Å². The summed E-state index contributed by atoms with van der Waals surface area (Å²) in [5.74, 6) is 0.987. The van der Waals surface area contributed by atoms with Crippen molar-refractivity contribution in [2.24, 2.45) is 0 Å². The van der Waals surface area contributed by atoms with Gasteiger partial charge in [0.2, 0.25) is 5.91 Å². The first-order valence-corrected chi connectivity index (χ1v) is 8.49. The number of carbonyl (C=O) groups excluding carboxylic acids is 1. The first-order chi connectivity index (χ1) is 11.8. The Bertz CT molecular complexity index is 928. The van der Waals surface area contributed by atoms with Crippen LogP contribution >= 0.6 is 0 Å². The second kappa shape index (κ2) is 4.93.